The summed E-state index contributed by atoms with van der Waals surface area (Å²) in [5.74, 6) is -0.441. The molecule has 0 saturated carbocycles. The molecule has 1 aromatic heterocycles. The number of aromatic nitrogens is 1. The smallest absolute Gasteiger partial charge is 0.263 e. The van der Waals surface area contributed by atoms with Crippen LogP contribution in [0.25, 0.3) is 0 Å². The molecule has 0 unspecified atom stereocenters. The summed E-state index contributed by atoms with van der Waals surface area (Å²) >= 11 is 0. The van der Waals surface area contributed by atoms with E-state index in [0.29, 0.717) is 31.1 Å². The topological polar surface area (TPSA) is 86.5 Å². The van der Waals surface area contributed by atoms with Gasteiger partial charge in [-0.1, -0.05) is 36.4 Å². The van der Waals surface area contributed by atoms with Crippen LogP contribution in [0.1, 0.15) is 15.9 Å². The van der Waals surface area contributed by atoms with Crippen molar-refractivity contribution in [2.45, 2.75) is 6.42 Å². The molecule has 0 spiro atoms. The number of nitrogens with one attached hydrogen (secondary N) is 3. The molecule has 2 heterocycles. The molecular formula is C24H26N4O3. The van der Waals surface area contributed by atoms with Crippen molar-refractivity contribution in [1.29, 1.82) is 0 Å². The number of pyridine rings is 1. The van der Waals surface area contributed by atoms with Crippen molar-refractivity contribution < 1.29 is 9.53 Å². The zero-order valence-electron chi connectivity index (χ0n) is 17.3. The fraction of sp³-hybridized carbons (Fsp3) is 0.250. The van der Waals surface area contributed by atoms with Gasteiger partial charge in [0.25, 0.3) is 11.5 Å². The van der Waals surface area contributed by atoms with Crippen LogP contribution in [0.4, 0.5) is 17.1 Å². The molecule has 4 rings (SSSR count). The SMILES string of the molecule is O=C(Nc1cccc(N2CCOCC2)c1)c1c(NCCc2ccccc2)cc[nH]c1=O. The fourth-order valence-electron chi connectivity index (χ4n) is 3.63. The van der Waals surface area contributed by atoms with Crippen LogP contribution in [0.5, 0.6) is 0 Å². The summed E-state index contributed by atoms with van der Waals surface area (Å²) < 4.78 is 5.40. The number of rotatable bonds is 7. The largest absolute Gasteiger partial charge is 0.384 e. The number of hydrogen-bond acceptors (Lipinski definition) is 5. The molecule has 1 amide bonds. The Bertz CT molecular complexity index is 1080. The summed E-state index contributed by atoms with van der Waals surface area (Å²) in [6.07, 6.45) is 2.33. The lowest BCUT2D eigenvalue weighted by Crippen LogP contribution is -2.36. The van der Waals surface area contributed by atoms with Crippen molar-refractivity contribution in [2.24, 2.45) is 0 Å². The highest BCUT2D eigenvalue weighted by Gasteiger charge is 2.17. The van der Waals surface area contributed by atoms with Gasteiger partial charge in [-0.05, 0) is 36.2 Å². The van der Waals surface area contributed by atoms with E-state index in [4.69, 9.17) is 4.74 Å². The molecule has 1 aliphatic heterocycles. The molecule has 7 nitrogen and oxygen atoms in total. The zero-order chi connectivity index (χ0) is 21.5. The number of anilines is 3. The van der Waals surface area contributed by atoms with E-state index in [1.807, 2.05) is 42.5 Å². The molecule has 0 radical (unpaired) electrons. The first kappa shape index (κ1) is 20.7. The van der Waals surface area contributed by atoms with Crippen molar-refractivity contribution in [2.75, 3.05) is 48.4 Å². The standard InChI is InChI=1S/C24H26N4O3/c29-23-22(21(10-12-26-23)25-11-9-18-5-2-1-3-6-18)24(30)27-19-7-4-8-20(17-19)28-13-15-31-16-14-28/h1-8,10,12,17H,9,11,13-16H2,(H,27,30)(H2,25,26,29). The maximum atomic E-state index is 13.0. The van der Waals surface area contributed by atoms with Gasteiger partial charge in [-0.15, -0.1) is 0 Å². The normalized spacial score (nSPS) is 13.6. The Morgan fingerprint density at radius 3 is 2.65 bits per heavy atom. The highest BCUT2D eigenvalue weighted by Crippen LogP contribution is 2.21. The van der Waals surface area contributed by atoms with E-state index >= 15 is 0 Å². The van der Waals surface area contributed by atoms with Gasteiger partial charge in [0.15, 0.2) is 0 Å². The molecular weight excluding hydrogens is 392 g/mol. The van der Waals surface area contributed by atoms with E-state index in [0.717, 1.165) is 25.2 Å². The Labute approximate surface area is 181 Å². The second-order valence-corrected chi connectivity index (χ2v) is 7.36. The van der Waals surface area contributed by atoms with Gasteiger partial charge < -0.3 is 25.3 Å². The highest BCUT2D eigenvalue weighted by atomic mass is 16.5. The lowest BCUT2D eigenvalue weighted by Gasteiger charge is -2.29. The number of nitrogens with zero attached hydrogens (tertiary/aromatic N) is 1. The summed E-state index contributed by atoms with van der Waals surface area (Å²) in [6, 6.07) is 19.4. The van der Waals surface area contributed by atoms with Gasteiger partial charge in [-0.3, -0.25) is 9.59 Å². The number of amides is 1. The minimum atomic E-state index is -0.441. The Kier molecular flexibility index (Phi) is 6.64. The van der Waals surface area contributed by atoms with Crippen LogP contribution < -0.4 is 21.1 Å². The van der Waals surface area contributed by atoms with Crippen LogP contribution in [0.15, 0.2) is 71.7 Å². The van der Waals surface area contributed by atoms with E-state index in [1.165, 1.54) is 5.56 Å². The van der Waals surface area contributed by atoms with Crippen LogP contribution in [0.3, 0.4) is 0 Å². The van der Waals surface area contributed by atoms with E-state index in [1.54, 1.807) is 12.3 Å². The lowest BCUT2D eigenvalue weighted by molar-refractivity contribution is 0.102. The molecule has 160 valence electrons. The fourth-order valence-corrected chi connectivity index (χ4v) is 3.63. The highest BCUT2D eigenvalue weighted by molar-refractivity contribution is 6.07. The number of morpholine rings is 1. The molecule has 7 heteroatoms. The molecule has 1 aliphatic rings. The molecule has 1 saturated heterocycles. The average Bonchev–Trinajstić information content (AvgIpc) is 2.80. The summed E-state index contributed by atoms with van der Waals surface area (Å²) in [6.45, 7) is 3.61. The first-order chi connectivity index (χ1) is 15.2. The summed E-state index contributed by atoms with van der Waals surface area (Å²) in [5, 5.41) is 6.10. The third-order valence-corrected chi connectivity index (χ3v) is 5.24. The number of hydrogen-bond donors (Lipinski definition) is 3. The van der Waals surface area contributed by atoms with Crippen LogP contribution in [0.2, 0.25) is 0 Å². The van der Waals surface area contributed by atoms with Gasteiger partial charge >= 0.3 is 0 Å². The summed E-state index contributed by atoms with van der Waals surface area (Å²) in [7, 11) is 0. The minimum Gasteiger partial charge on any atom is -0.384 e. The Morgan fingerprint density at radius 1 is 1.03 bits per heavy atom. The Morgan fingerprint density at radius 2 is 1.84 bits per heavy atom. The molecule has 1 fully saturated rings. The maximum Gasteiger partial charge on any atom is 0.263 e. The van der Waals surface area contributed by atoms with E-state index in [2.05, 4.69) is 32.7 Å². The number of aromatic amines is 1. The van der Waals surface area contributed by atoms with Crippen LogP contribution in [-0.4, -0.2) is 43.7 Å². The number of ether oxygens (including phenoxy) is 1. The minimum absolute atomic E-state index is 0.0762. The molecule has 3 aromatic rings. The summed E-state index contributed by atoms with van der Waals surface area (Å²) in [5.41, 5.74) is 3.02. The third kappa shape index (κ3) is 5.32. The first-order valence-electron chi connectivity index (χ1n) is 10.4. The van der Waals surface area contributed by atoms with Crippen molar-refractivity contribution in [1.82, 2.24) is 4.98 Å². The number of carbonyl (C=O) groups excluding carboxylic acids is 1. The van der Waals surface area contributed by atoms with Crippen LogP contribution in [-0.2, 0) is 11.2 Å². The summed E-state index contributed by atoms with van der Waals surface area (Å²) in [4.78, 5) is 30.2. The Balaban J connectivity index is 1.46. The van der Waals surface area contributed by atoms with Gasteiger partial charge in [0.2, 0.25) is 0 Å². The van der Waals surface area contributed by atoms with Crippen LogP contribution >= 0.6 is 0 Å². The Hall–Kier alpha value is -3.58. The van der Waals surface area contributed by atoms with E-state index in [9.17, 15) is 9.59 Å². The second-order valence-electron chi connectivity index (χ2n) is 7.36. The monoisotopic (exact) mass is 418 g/mol. The van der Waals surface area contributed by atoms with Crippen molar-refractivity contribution in [3.8, 4) is 0 Å². The van der Waals surface area contributed by atoms with Crippen molar-refractivity contribution in [3.05, 3.63) is 88.3 Å². The number of H-pyrrole nitrogens is 1. The molecule has 2 aromatic carbocycles. The predicted molar refractivity (Wildman–Crippen MR) is 123 cm³/mol. The molecule has 0 atom stereocenters. The van der Waals surface area contributed by atoms with Crippen molar-refractivity contribution in [3.63, 3.8) is 0 Å². The van der Waals surface area contributed by atoms with Gasteiger partial charge in [-0.25, -0.2) is 0 Å². The first-order valence-corrected chi connectivity index (χ1v) is 10.4. The van der Waals surface area contributed by atoms with Gasteiger partial charge in [0.1, 0.15) is 5.56 Å². The molecule has 31 heavy (non-hydrogen) atoms. The maximum absolute atomic E-state index is 13.0. The quantitative estimate of drug-likeness (QED) is 0.549. The van der Waals surface area contributed by atoms with Crippen molar-refractivity contribution >= 4 is 23.0 Å². The lowest BCUT2D eigenvalue weighted by atomic mass is 10.1. The predicted octanol–water partition coefficient (Wildman–Crippen LogP) is 3.12. The third-order valence-electron chi connectivity index (χ3n) is 5.24. The number of benzene rings is 2. The van der Waals surface area contributed by atoms with E-state index < -0.39 is 11.5 Å². The molecule has 0 bridgehead atoms. The number of carbonyl (C=O) groups is 1. The van der Waals surface area contributed by atoms with Gasteiger partial charge in [0, 0.05) is 37.2 Å². The zero-order valence-corrected chi connectivity index (χ0v) is 17.3. The van der Waals surface area contributed by atoms with Gasteiger partial charge in [0.05, 0.1) is 18.9 Å². The molecule has 0 aliphatic carbocycles. The van der Waals surface area contributed by atoms with E-state index in [-0.39, 0.29) is 5.56 Å². The van der Waals surface area contributed by atoms with Gasteiger partial charge in [-0.2, -0.15) is 0 Å². The molecule has 3 N–H and O–H groups in total. The van der Waals surface area contributed by atoms with Crippen LogP contribution in [0, 0.1) is 0 Å². The second kappa shape index (κ2) is 9.95. The average molecular weight is 418 g/mol.